The predicted molar refractivity (Wildman–Crippen MR) is 80.5 cm³/mol. The molecule has 0 N–H and O–H groups in total. The quantitative estimate of drug-likeness (QED) is 0.791. The van der Waals surface area contributed by atoms with Crippen molar-refractivity contribution in [3.63, 3.8) is 0 Å². The van der Waals surface area contributed by atoms with Crippen molar-refractivity contribution < 1.29 is 9.53 Å². The normalized spacial score (nSPS) is 23.6. The zero-order valence-corrected chi connectivity index (χ0v) is 12.8. The number of hydrogen-bond donors (Lipinski definition) is 0. The van der Waals surface area contributed by atoms with Gasteiger partial charge in [0.2, 0.25) is 0 Å². The molecule has 0 saturated carbocycles. The molecule has 2 rings (SSSR count). The first-order valence-electron chi connectivity index (χ1n) is 7.51. The summed E-state index contributed by atoms with van der Waals surface area (Å²) in [5, 5.41) is 0. The molecule has 1 saturated heterocycles. The average molecular weight is 275 g/mol. The van der Waals surface area contributed by atoms with Gasteiger partial charge < -0.3 is 4.74 Å². The number of likely N-dealkylation sites (tertiary alicyclic amines) is 1. The third-order valence-corrected chi connectivity index (χ3v) is 4.41. The zero-order chi connectivity index (χ0) is 14.5. The number of carbonyl (C=O) groups is 1. The SMILES string of the molecule is COC(=O)Cc1ccccc1CN1C(C)CCCC1C. The number of ether oxygens (including phenoxy) is 1. The van der Waals surface area contributed by atoms with Gasteiger partial charge in [-0.1, -0.05) is 30.7 Å². The van der Waals surface area contributed by atoms with Gasteiger partial charge in [0.1, 0.15) is 0 Å². The molecule has 110 valence electrons. The van der Waals surface area contributed by atoms with Crippen molar-refractivity contribution in [1.82, 2.24) is 4.90 Å². The summed E-state index contributed by atoms with van der Waals surface area (Å²) in [4.78, 5) is 14.1. The number of nitrogens with zero attached hydrogens (tertiary/aromatic N) is 1. The Kier molecular flexibility index (Phi) is 5.18. The maximum Gasteiger partial charge on any atom is 0.309 e. The second-order valence-electron chi connectivity index (χ2n) is 5.82. The lowest BCUT2D eigenvalue weighted by Crippen LogP contribution is -2.43. The maximum atomic E-state index is 11.5. The zero-order valence-electron chi connectivity index (χ0n) is 12.8. The fraction of sp³-hybridized carbons (Fsp3) is 0.588. The van der Waals surface area contributed by atoms with Crippen LogP contribution in [-0.2, 0) is 22.5 Å². The van der Waals surface area contributed by atoms with Gasteiger partial charge in [-0.3, -0.25) is 9.69 Å². The Labute approximate surface area is 121 Å². The number of hydrogen-bond acceptors (Lipinski definition) is 3. The van der Waals surface area contributed by atoms with Gasteiger partial charge in [-0.25, -0.2) is 0 Å². The van der Waals surface area contributed by atoms with Crippen LogP contribution >= 0.6 is 0 Å². The summed E-state index contributed by atoms with van der Waals surface area (Å²) in [5.74, 6) is -0.169. The molecular weight excluding hydrogens is 250 g/mol. The van der Waals surface area contributed by atoms with Crippen LogP contribution in [0.15, 0.2) is 24.3 Å². The van der Waals surface area contributed by atoms with Crippen LogP contribution in [0.2, 0.25) is 0 Å². The van der Waals surface area contributed by atoms with Crippen LogP contribution in [0.5, 0.6) is 0 Å². The summed E-state index contributed by atoms with van der Waals surface area (Å²) in [6.45, 7) is 5.53. The lowest BCUT2D eigenvalue weighted by atomic mass is 9.95. The highest BCUT2D eigenvalue weighted by Crippen LogP contribution is 2.25. The predicted octanol–water partition coefficient (Wildman–Crippen LogP) is 3.17. The molecule has 0 aromatic heterocycles. The summed E-state index contributed by atoms with van der Waals surface area (Å²) in [7, 11) is 1.44. The fourth-order valence-electron chi connectivity index (χ4n) is 3.09. The molecule has 3 heteroatoms. The Morgan fingerprint density at radius 3 is 2.40 bits per heavy atom. The molecule has 0 aliphatic carbocycles. The Hall–Kier alpha value is -1.35. The van der Waals surface area contributed by atoms with Gasteiger partial charge in [-0.15, -0.1) is 0 Å². The van der Waals surface area contributed by atoms with E-state index < -0.39 is 0 Å². The fourth-order valence-corrected chi connectivity index (χ4v) is 3.09. The van der Waals surface area contributed by atoms with Crippen LogP contribution in [0, 0.1) is 0 Å². The topological polar surface area (TPSA) is 29.5 Å². The largest absolute Gasteiger partial charge is 0.469 e. The summed E-state index contributed by atoms with van der Waals surface area (Å²) in [6.07, 6.45) is 4.22. The molecule has 1 aliphatic heterocycles. The van der Waals surface area contributed by atoms with Crippen LogP contribution in [0.4, 0.5) is 0 Å². The van der Waals surface area contributed by atoms with Crippen molar-refractivity contribution >= 4 is 5.97 Å². The third-order valence-electron chi connectivity index (χ3n) is 4.41. The maximum absolute atomic E-state index is 11.5. The molecule has 3 nitrogen and oxygen atoms in total. The van der Waals surface area contributed by atoms with E-state index in [-0.39, 0.29) is 5.97 Å². The molecule has 2 unspecified atom stereocenters. The number of methoxy groups -OCH3 is 1. The molecule has 1 aromatic carbocycles. The molecule has 1 heterocycles. The van der Waals surface area contributed by atoms with Crippen molar-refractivity contribution in [2.45, 2.75) is 58.2 Å². The molecule has 0 radical (unpaired) electrons. The number of benzene rings is 1. The highest BCUT2D eigenvalue weighted by atomic mass is 16.5. The summed E-state index contributed by atoms with van der Waals surface area (Å²) < 4.78 is 4.79. The highest BCUT2D eigenvalue weighted by molar-refractivity contribution is 5.72. The minimum absolute atomic E-state index is 0.169. The van der Waals surface area contributed by atoms with Gasteiger partial charge in [0.25, 0.3) is 0 Å². The Morgan fingerprint density at radius 1 is 1.20 bits per heavy atom. The van der Waals surface area contributed by atoms with Gasteiger partial charge in [0, 0.05) is 18.6 Å². The summed E-state index contributed by atoms with van der Waals surface area (Å²) in [5.41, 5.74) is 2.34. The second-order valence-corrected chi connectivity index (χ2v) is 5.82. The van der Waals surface area contributed by atoms with E-state index >= 15 is 0 Å². The van der Waals surface area contributed by atoms with Crippen LogP contribution in [0.1, 0.15) is 44.2 Å². The van der Waals surface area contributed by atoms with E-state index in [1.165, 1.54) is 31.9 Å². The Balaban J connectivity index is 2.13. The number of rotatable bonds is 4. The highest BCUT2D eigenvalue weighted by Gasteiger charge is 2.25. The van der Waals surface area contributed by atoms with E-state index in [1.54, 1.807) is 0 Å². The smallest absolute Gasteiger partial charge is 0.309 e. The average Bonchev–Trinajstić information content (AvgIpc) is 2.44. The first-order valence-corrected chi connectivity index (χ1v) is 7.51. The lowest BCUT2D eigenvalue weighted by molar-refractivity contribution is -0.139. The van der Waals surface area contributed by atoms with Crippen LogP contribution in [0.25, 0.3) is 0 Å². The van der Waals surface area contributed by atoms with Gasteiger partial charge in [0.15, 0.2) is 0 Å². The molecule has 0 bridgehead atoms. The van der Waals surface area contributed by atoms with E-state index in [9.17, 15) is 4.79 Å². The minimum atomic E-state index is -0.169. The monoisotopic (exact) mass is 275 g/mol. The molecule has 1 aliphatic rings. The van der Waals surface area contributed by atoms with Gasteiger partial charge >= 0.3 is 5.97 Å². The molecule has 0 spiro atoms. The van der Waals surface area contributed by atoms with Crippen molar-refractivity contribution in [2.24, 2.45) is 0 Å². The standard InChI is InChI=1S/C17H25NO2/c1-13-7-6-8-14(2)18(13)12-16-10-5-4-9-15(16)11-17(19)20-3/h4-5,9-10,13-14H,6-8,11-12H2,1-3H3. The Bertz CT molecular complexity index is 448. The van der Waals surface area contributed by atoms with Crippen LogP contribution in [-0.4, -0.2) is 30.1 Å². The van der Waals surface area contributed by atoms with Crippen molar-refractivity contribution in [3.05, 3.63) is 35.4 Å². The third kappa shape index (κ3) is 3.60. The number of piperidine rings is 1. The van der Waals surface area contributed by atoms with E-state index in [0.29, 0.717) is 18.5 Å². The first-order chi connectivity index (χ1) is 9.61. The van der Waals surface area contributed by atoms with Crippen molar-refractivity contribution in [2.75, 3.05) is 7.11 Å². The van der Waals surface area contributed by atoms with E-state index in [1.807, 2.05) is 12.1 Å². The molecule has 2 atom stereocenters. The molecule has 1 aromatic rings. The lowest BCUT2D eigenvalue weighted by Gasteiger charge is -2.39. The van der Waals surface area contributed by atoms with Crippen LogP contribution < -0.4 is 0 Å². The van der Waals surface area contributed by atoms with E-state index in [2.05, 4.69) is 30.9 Å². The van der Waals surface area contributed by atoms with Crippen molar-refractivity contribution in [3.8, 4) is 0 Å². The Morgan fingerprint density at radius 2 is 1.80 bits per heavy atom. The second kappa shape index (κ2) is 6.89. The minimum Gasteiger partial charge on any atom is -0.469 e. The van der Waals surface area contributed by atoms with Gasteiger partial charge in [-0.2, -0.15) is 0 Å². The summed E-state index contributed by atoms with van der Waals surface area (Å²) >= 11 is 0. The number of esters is 1. The molecule has 20 heavy (non-hydrogen) atoms. The van der Waals surface area contributed by atoms with Gasteiger partial charge in [-0.05, 0) is 37.8 Å². The molecule has 1 fully saturated rings. The van der Waals surface area contributed by atoms with Gasteiger partial charge in [0.05, 0.1) is 13.5 Å². The van der Waals surface area contributed by atoms with Crippen LogP contribution in [0.3, 0.4) is 0 Å². The molecule has 0 amide bonds. The van der Waals surface area contributed by atoms with E-state index in [4.69, 9.17) is 4.74 Å². The first kappa shape index (κ1) is 15.0. The summed E-state index contributed by atoms with van der Waals surface area (Å²) in [6, 6.07) is 9.44. The molecular formula is C17H25NO2. The van der Waals surface area contributed by atoms with Crippen molar-refractivity contribution in [1.29, 1.82) is 0 Å². The van der Waals surface area contributed by atoms with E-state index in [0.717, 1.165) is 12.1 Å². The number of carbonyl (C=O) groups excluding carboxylic acids is 1.